The average molecular weight is 245 g/mol. The molecule has 5 heteroatoms. The third kappa shape index (κ3) is 1.59. The van der Waals surface area contributed by atoms with Crippen LogP contribution in [0.4, 0.5) is 5.82 Å². The summed E-state index contributed by atoms with van der Waals surface area (Å²) in [5.41, 5.74) is 8.70. The Balaban J connectivity index is 2.21. The van der Waals surface area contributed by atoms with E-state index in [1.807, 2.05) is 32.2 Å². The molecule has 1 aromatic heterocycles. The Labute approximate surface area is 105 Å². The number of benzene rings is 1. The van der Waals surface area contributed by atoms with Gasteiger partial charge in [-0.15, -0.1) is 0 Å². The van der Waals surface area contributed by atoms with Crippen molar-refractivity contribution in [1.82, 2.24) is 9.78 Å². The maximum Gasteiger partial charge on any atom is 0.171 e. The molecule has 0 aliphatic carbocycles. The van der Waals surface area contributed by atoms with E-state index in [4.69, 9.17) is 15.2 Å². The molecule has 3 rings (SSSR count). The highest BCUT2D eigenvalue weighted by Gasteiger charge is 2.21. The first-order valence-corrected chi connectivity index (χ1v) is 5.86. The Bertz CT molecular complexity index is 585. The Hall–Kier alpha value is -2.17. The second kappa shape index (κ2) is 3.94. The molecule has 0 amide bonds. The van der Waals surface area contributed by atoms with Crippen LogP contribution in [0.5, 0.6) is 11.5 Å². The minimum atomic E-state index is 0.561. The molecule has 2 N–H and O–H groups in total. The number of ether oxygens (including phenoxy) is 2. The van der Waals surface area contributed by atoms with Gasteiger partial charge in [-0.05, 0) is 18.6 Å². The van der Waals surface area contributed by atoms with Gasteiger partial charge in [0.1, 0.15) is 19.0 Å². The molecular formula is C13H15N3O2. The van der Waals surface area contributed by atoms with Crippen LogP contribution < -0.4 is 15.2 Å². The first kappa shape index (κ1) is 11.0. The van der Waals surface area contributed by atoms with Gasteiger partial charge in [0.2, 0.25) is 0 Å². The number of nitrogen functional groups attached to an aromatic ring is 1. The van der Waals surface area contributed by atoms with Crippen LogP contribution in [0.2, 0.25) is 0 Å². The van der Waals surface area contributed by atoms with Crippen LogP contribution in [0.15, 0.2) is 18.2 Å². The molecule has 18 heavy (non-hydrogen) atoms. The molecule has 94 valence electrons. The fourth-order valence-electron chi connectivity index (χ4n) is 2.14. The molecule has 2 heterocycles. The van der Waals surface area contributed by atoms with Gasteiger partial charge in [-0.2, -0.15) is 5.10 Å². The minimum Gasteiger partial charge on any atom is -0.486 e. The summed E-state index contributed by atoms with van der Waals surface area (Å²) in [6.45, 7) is 3.17. The molecule has 0 bridgehead atoms. The van der Waals surface area contributed by atoms with Crippen LogP contribution in [0.1, 0.15) is 5.56 Å². The molecule has 0 unspecified atom stereocenters. The van der Waals surface area contributed by atoms with Crippen molar-refractivity contribution in [2.24, 2.45) is 7.05 Å². The number of rotatable bonds is 1. The topological polar surface area (TPSA) is 62.3 Å². The Kier molecular flexibility index (Phi) is 2.40. The highest BCUT2D eigenvalue weighted by molar-refractivity contribution is 5.76. The van der Waals surface area contributed by atoms with E-state index in [-0.39, 0.29) is 0 Å². The van der Waals surface area contributed by atoms with Crippen molar-refractivity contribution in [3.8, 4) is 22.8 Å². The molecule has 1 aliphatic rings. The number of aromatic nitrogens is 2. The van der Waals surface area contributed by atoms with Crippen LogP contribution in [0, 0.1) is 6.92 Å². The van der Waals surface area contributed by atoms with Crippen molar-refractivity contribution in [3.63, 3.8) is 0 Å². The van der Waals surface area contributed by atoms with Gasteiger partial charge < -0.3 is 15.2 Å². The van der Waals surface area contributed by atoms with Crippen molar-refractivity contribution in [2.75, 3.05) is 18.9 Å². The summed E-state index contributed by atoms with van der Waals surface area (Å²) < 4.78 is 13.0. The molecule has 0 fully saturated rings. The maximum absolute atomic E-state index is 5.83. The fourth-order valence-corrected chi connectivity index (χ4v) is 2.14. The molecule has 0 atom stereocenters. The highest BCUT2D eigenvalue weighted by atomic mass is 16.6. The molecule has 0 saturated heterocycles. The minimum absolute atomic E-state index is 0.561. The first-order valence-electron chi connectivity index (χ1n) is 5.86. The molecular weight excluding hydrogens is 230 g/mol. The van der Waals surface area contributed by atoms with E-state index in [0.717, 1.165) is 28.3 Å². The van der Waals surface area contributed by atoms with E-state index in [1.165, 1.54) is 0 Å². The zero-order chi connectivity index (χ0) is 12.7. The second-order valence-corrected chi connectivity index (χ2v) is 4.36. The standard InChI is InChI=1S/C13H15N3O2/c1-8-3-4-10-13(18-6-5-17-10)12(8)9-7-11(14)16(2)15-9/h3-4,7H,5-6,14H2,1-2H3. The Morgan fingerprint density at radius 2 is 2.06 bits per heavy atom. The lowest BCUT2D eigenvalue weighted by molar-refractivity contribution is 0.172. The first-order chi connectivity index (χ1) is 8.66. The van der Waals surface area contributed by atoms with Crippen molar-refractivity contribution in [3.05, 3.63) is 23.8 Å². The summed E-state index contributed by atoms with van der Waals surface area (Å²) in [6.07, 6.45) is 0. The average Bonchev–Trinajstić information content (AvgIpc) is 2.69. The summed E-state index contributed by atoms with van der Waals surface area (Å²) >= 11 is 0. The SMILES string of the molecule is Cc1ccc2c(c1-c1cc(N)n(C)n1)OCCO2. The largest absolute Gasteiger partial charge is 0.486 e. The van der Waals surface area contributed by atoms with E-state index < -0.39 is 0 Å². The van der Waals surface area contributed by atoms with E-state index >= 15 is 0 Å². The quantitative estimate of drug-likeness (QED) is 0.831. The van der Waals surface area contributed by atoms with Gasteiger partial charge in [0.05, 0.1) is 11.3 Å². The summed E-state index contributed by atoms with van der Waals surface area (Å²) in [6, 6.07) is 5.79. The lowest BCUT2D eigenvalue weighted by atomic mass is 10.0. The number of hydrogen-bond acceptors (Lipinski definition) is 4. The van der Waals surface area contributed by atoms with Gasteiger partial charge >= 0.3 is 0 Å². The zero-order valence-corrected chi connectivity index (χ0v) is 10.4. The summed E-state index contributed by atoms with van der Waals surface area (Å²) in [7, 11) is 1.82. The number of nitrogens with two attached hydrogens (primary N) is 1. The van der Waals surface area contributed by atoms with E-state index in [1.54, 1.807) is 4.68 Å². The molecule has 1 aromatic carbocycles. The maximum atomic E-state index is 5.83. The molecule has 2 aromatic rings. The number of nitrogens with zero attached hydrogens (tertiary/aromatic N) is 2. The van der Waals surface area contributed by atoms with Crippen LogP contribution in [-0.4, -0.2) is 23.0 Å². The van der Waals surface area contributed by atoms with Crippen LogP contribution >= 0.6 is 0 Å². The van der Waals surface area contributed by atoms with Gasteiger partial charge in [-0.3, -0.25) is 4.68 Å². The van der Waals surface area contributed by atoms with E-state index in [0.29, 0.717) is 19.0 Å². The van der Waals surface area contributed by atoms with Gasteiger partial charge in [0.25, 0.3) is 0 Å². The molecule has 0 saturated carbocycles. The third-order valence-corrected chi connectivity index (χ3v) is 3.09. The normalized spacial score (nSPS) is 13.7. The molecule has 5 nitrogen and oxygen atoms in total. The molecule has 0 radical (unpaired) electrons. The van der Waals surface area contributed by atoms with Crippen LogP contribution in [0.25, 0.3) is 11.3 Å². The number of anilines is 1. The van der Waals surface area contributed by atoms with E-state index in [2.05, 4.69) is 5.10 Å². The van der Waals surface area contributed by atoms with Crippen LogP contribution in [0.3, 0.4) is 0 Å². The van der Waals surface area contributed by atoms with Crippen molar-refractivity contribution in [2.45, 2.75) is 6.92 Å². The predicted molar refractivity (Wildman–Crippen MR) is 68.8 cm³/mol. The van der Waals surface area contributed by atoms with Gasteiger partial charge in [-0.25, -0.2) is 0 Å². The van der Waals surface area contributed by atoms with Gasteiger partial charge in [0.15, 0.2) is 11.5 Å². The van der Waals surface area contributed by atoms with Crippen molar-refractivity contribution in [1.29, 1.82) is 0 Å². The van der Waals surface area contributed by atoms with Crippen LogP contribution in [-0.2, 0) is 7.05 Å². The monoisotopic (exact) mass is 245 g/mol. The predicted octanol–water partition coefficient (Wildman–Crippen LogP) is 1.75. The Morgan fingerprint density at radius 1 is 1.28 bits per heavy atom. The highest BCUT2D eigenvalue weighted by Crippen LogP contribution is 2.41. The summed E-state index contributed by atoms with van der Waals surface area (Å²) in [5, 5.41) is 4.41. The number of fused-ring (bicyclic) bond motifs is 1. The lowest BCUT2D eigenvalue weighted by Gasteiger charge is -2.21. The summed E-state index contributed by atoms with van der Waals surface area (Å²) in [5.74, 6) is 2.16. The Morgan fingerprint density at radius 3 is 2.78 bits per heavy atom. The molecule has 0 spiro atoms. The van der Waals surface area contributed by atoms with E-state index in [9.17, 15) is 0 Å². The fraction of sp³-hybridized carbons (Fsp3) is 0.308. The van der Waals surface area contributed by atoms with Gasteiger partial charge in [-0.1, -0.05) is 6.07 Å². The number of aryl methyl sites for hydroxylation is 2. The van der Waals surface area contributed by atoms with Gasteiger partial charge in [0, 0.05) is 13.1 Å². The van der Waals surface area contributed by atoms with Crippen molar-refractivity contribution < 1.29 is 9.47 Å². The zero-order valence-electron chi connectivity index (χ0n) is 10.4. The smallest absolute Gasteiger partial charge is 0.171 e. The summed E-state index contributed by atoms with van der Waals surface area (Å²) in [4.78, 5) is 0. The lowest BCUT2D eigenvalue weighted by Crippen LogP contribution is -2.16. The second-order valence-electron chi connectivity index (χ2n) is 4.36. The number of hydrogen-bond donors (Lipinski definition) is 1. The molecule has 1 aliphatic heterocycles. The third-order valence-electron chi connectivity index (χ3n) is 3.09. The van der Waals surface area contributed by atoms with Crippen molar-refractivity contribution >= 4 is 5.82 Å².